The maximum absolute atomic E-state index is 12.0. The van der Waals surface area contributed by atoms with Gasteiger partial charge in [-0.3, -0.25) is 9.59 Å². The fourth-order valence-electron chi connectivity index (χ4n) is 2.64. The summed E-state index contributed by atoms with van der Waals surface area (Å²) in [5.41, 5.74) is 0. The normalized spacial score (nSPS) is 27.4. The molecule has 2 aliphatic rings. The van der Waals surface area contributed by atoms with Gasteiger partial charge in [0.1, 0.15) is 6.10 Å². The minimum atomic E-state index is -1.02. The number of amides is 2. The highest BCUT2D eigenvalue weighted by Crippen LogP contribution is 2.20. The van der Waals surface area contributed by atoms with Crippen molar-refractivity contribution in [1.82, 2.24) is 10.2 Å². The van der Waals surface area contributed by atoms with Crippen LogP contribution in [0.5, 0.6) is 0 Å². The Labute approximate surface area is 117 Å². The number of nitrogens with zero attached hydrogens (tertiary/aromatic N) is 1. The van der Waals surface area contributed by atoms with Gasteiger partial charge in [-0.15, -0.1) is 0 Å². The third kappa shape index (κ3) is 3.47. The number of ether oxygens (including phenoxy) is 1. The first-order valence-corrected chi connectivity index (χ1v) is 6.91. The standard InChI is InChI=1S/C13H20N2O5/c1-8(16)15-6-4-9(5-7-15)14-12(17)10-2-3-11(20-10)13(18)19/h9-11H,2-7H2,1H3,(H,14,17)(H,18,19). The molecule has 20 heavy (non-hydrogen) atoms. The molecule has 0 aromatic heterocycles. The highest BCUT2D eigenvalue weighted by Gasteiger charge is 2.35. The molecule has 2 N–H and O–H groups in total. The molecule has 7 heteroatoms. The monoisotopic (exact) mass is 284 g/mol. The molecule has 0 aromatic rings. The number of piperidine rings is 1. The molecule has 0 spiro atoms. The summed E-state index contributed by atoms with van der Waals surface area (Å²) in [7, 11) is 0. The molecule has 7 nitrogen and oxygen atoms in total. The number of hydrogen-bond donors (Lipinski definition) is 2. The number of carboxylic acids is 1. The van der Waals surface area contributed by atoms with Crippen molar-refractivity contribution in [2.45, 2.75) is 50.9 Å². The fraction of sp³-hybridized carbons (Fsp3) is 0.769. The van der Waals surface area contributed by atoms with Gasteiger partial charge < -0.3 is 20.1 Å². The fourth-order valence-corrected chi connectivity index (χ4v) is 2.64. The van der Waals surface area contributed by atoms with E-state index in [0.29, 0.717) is 25.9 Å². The number of carboxylic acid groups (broad SMARTS) is 1. The van der Waals surface area contributed by atoms with E-state index in [-0.39, 0.29) is 17.9 Å². The van der Waals surface area contributed by atoms with Gasteiger partial charge in [-0.25, -0.2) is 4.79 Å². The maximum atomic E-state index is 12.0. The van der Waals surface area contributed by atoms with Crippen molar-refractivity contribution in [3.8, 4) is 0 Å². The van der Waals surface area contributed by atoms with E-state index in [9.17, 15) is 14.4 Å². The largest absolute Gasteiger partial charge is 0.479 e. The summed E-state index contributed by atoms with van der Waals surface area (Å²) >= 11 is 0. The molecule has 2 amide bonds. The number of aliphatic carboxylic acids is 1. The summed E-state index contributed by atoms with van der Waals surface area (Å²) < 4.78 is 5.21. The van der Waals surface area contributed by atoms with Crippen molar-refractivity contribution in [2.24, 2.45) is 0 Å². The second-order valence-electron chi connectivity index (χ2n) is 5.32. The second-order valence-corrected chi connectivity index (χ2v) is 5.32. The molecule has 0 aliphatic carbocycles. The van der Waals surface area contributed by atoms with Gasteiger partial charge in [-0.1, -0.05) is 0 Å². The Morgan fingerprint density at radius 2 is 1.70 bits per heavy atom. The average molecular weight is 284 g/mol. The lowest BCUT2D eigenvalue weighted by Crippen LogP contribution is -2.48. The van der Waals surface area contributed by atoms with Crippen LogP contribution in [0.15, 0.2) is 0 Å². The minimum Gasteiger partial charge on any atom is -0.479 e. The van der Waals surface area contributed by atoms with E-state index < -0.39 is 18.2 Å². The van der Waals surface area contributed by atoms with Crippen molar-refractivity contribution in [3.05, 3.63) is 0 Å². The van der Waals surface area contributed by atoms with Crippen LogP contribution in [0, 0.1) is 0 Å². The average Bonchev–Trinajstić information content (AvgIpc) is 2.89. The summed E-state index contributed by atoms with van der Waals surface area (Å²) in [6, 6.07) is 0.0329. The number of likely N-dealkylation sites (tertiary alicyclic amines) is 1. The Morgan fingerprint density at radius 1 is 1.10 bits per heavy atom. The lowest BCUT2D eigenvalue weighted by molar-refractivity contribution is -0.152. The first-order chi connectivity index (χ1) is 9.47. The van der Waals surface area contributed by atoms with Gasteiger partial charge in [-0.05, 0) is 25.7 Å². The molecule has 2 aliphatic heterocycles. The van der Waals surface area contributed by atoms with Crippen LogP contribution < -0.4 is 5.32 Å². The molecule has 2 atom stereocenters. The van der Waals surface area contributed by atoms with E-state index in [1.54, 1.807) is 4.90 Å². The Morgan fingerprint density at radius 3 is 2.20 bits per heavy atom. The van der Waals surface area contributed by atoms with Crippen LogP contribution in [0.25, 0.3) is 0 Å². The Bertz CT molecular complexity index is 404. The van der Waals surface area contributed by atoms with Crippen molar-refractivity contribution < 1.29 is 24.2 Å². The third-order valence-electron chi connectivity index (χ3n) is 3.87. The summed E-state index contributed by atoms with van der Waals surface area (Å²) in [5, 5.41) is 11.7. The van der Waals surface area contributed by atoms with Crippen molar-refractivity contribution >= 4 is 17.8 Å². The second kappa shape index (κ2) is 6.21. The SMILES string of the molecule is CC(=O)N1CCC(NC(=O)C2CCC(C(=O)O)O2)CC1. The van der Waals surface area contributed by atoms with Crippen molar-refractivity contribution in [3.63, 3.8) is 0 Å². The van der Waals surface area contributed by atoms with Gasteiger partial charge in [0.15, 0.2) is 6.10 Å². The van der Waals surface area contributed by atoms with E-state index in [2.05, 4.69) is 5.32 Å². The minimum absolute atomic E-state index is 0.0329. The summed E-state index contributed by atoms with van der Waals surface area (Å²) in [6.45, 7) is 2.82. The molecule has 0 radical (unpaired) electrons. The molecular formula is C13H20N2O5. The van der Waals surface area contributed by atoms with Gasteiger partial charge in [0.2, 0.25) is 11.8 Å². The molecule has 2 saturated heterocycles. The topological polar surface area (TPSA) is 95.9 Å². The summed E-state index contributed by atoms with van der Waals surface area (Å²) in [6.07, 6.45) is 0.721. The zero-order valence-electron chi connectivity index (χ0n) is 11.5. The van der Waals surface area contributed by atoms with Gasteiger partial charge in [0, 0.05) is 26.1 Å². The van der Waals surface area contributed by atoms with Gasteiger partial charge in [0.25, 0.3) is 0 Å². The molecule has 0 aromatic carbocycles. The molecule has 2 heterocycles. The quantitative estimate of drug-likeness (QED) is 0.745. The van der Waals surface area contributed by atoms with Crippen LogP contribution in [0.4, 0.5) is 0 Å². The van der Waals surface area contributed by atoms with Crippen LogP contribution in [-0.2, 0) is 19.1 Å². The van der Waals surface area contributed by atoms with E-state index in [1.165, 1.54) is 6.92 Å². The smallest absolute Gasteiger partial charge is 0.332 e. The molecule has 0 bridgehead atoms. The van der Waals surface area contributed by atoms with Crippen molar-refractivity contribution in [2.75, 3.05) is 13.1 Å². The van der Waals surface area contributed by atoms with E-state index >= 15 is 0 Å². The van der Waals surface area contributed by atoms with Gasteiger partial charge >= 0.3 is 5.97 Å². The predicted octanol–water partition coefficient (Wildman–Crippen LogP) is -0.254. The lowest BCUT2D eigenvalue weighted by Gasteiger charge is -2.32. The van der Waals surface area contributed by atoms with Crippen LogP contribution in [0.2, 0.25) is 0 Å². The Hall–Kier alpha value is -1.63. The third-order valence-corrected chi connectivity index (χ3v) is 3.87. The predicted molar refractivity (Wildman–Crippen MR) is 68.9 cm³/mol. The molecular weight excluding hydrogens is 264 g/mol. The van der Waals surface area contributed by atoms with E-state index in [4.69, 9.17) is 9.84 Å². The van der Waals surface area contributed by atoms with Crippen LogP contribution in [-0.4, -0.2) is 59.1 Å². The summed E-state index contributed by atoms with van der Waals surface area (Å²) in [4.78, 5) is 35.7. The van der Waals surface area contributed by atoms with Gasteiger partial charge in [-0.2, -0.15) is 0 Å². The van der Waals surface area contributed by atoms with Gasteiger partial charge in [0.05, 0.1) is 0 Å². The zero-order chi connectivity index (χ0) is 14.7. The number of hydrogen-bond acceptors (Lipinski definition) is 4. The van der Waals surface area contributed by atoms with Crippen LogP contribution in [0.3, 0.4) is 0 Å². The molecule has 0 saturated carbocycles. The van der Waals surface area contributed by atoms with Crippen molar-refractivity contribution in [1.29, 1.82) is 0 Å². The lowest BCUT2D eigenvalue weighted by atomic mass is 10.0. The number of carbonyl (C=O) groups excluding carboxylic acids is 2. The summed E-state index contributed by atoms with van der Waals surface area (Å²) in [5.74, 6) is -1.21. The zero-order valence-corrected chi connectivity index (χ0v) is 11.5. The van der Waals surface area contributed by atoms with Crippen LogP contribution in [0.1, 0.15) is 32.6 Å². The first-order valence-electron chi connectivity index (χ1n) is 6.91. The van der Waals surface area contributed by atoms with E-state index in [0.717, 1.165) is 12.8 Å². The first kappa shape index (κ1) is 14.8. The number of nitrogens with one attached hydrogen (secondary N) is 1. The highest BCUT2D eigenvalue weighted by molar-refractivity contribution is 5.83. The maximum Gasteiger partial charge on any atom is 0.332 e. The Kier molecular flexibility index (Phi) is 4.59. The van der Waals surface area contributed by atoms with E-state index in [1.807, 2.05) is 0 Å². The molecule has 2 unspecified atom stereocenters. The highest BCUT2D eigenvalue weighted by atomic mass is 16.5. The molecule has 2 rings (SSSR count). The molecule has 112 valence electrons. The van der Waals surface area contributed by atoms with Crippen LogP contribution >= 0.6 is 0 Å². The number of carbonyl (C=O) groups is 3. The Balaban J connectivity index is 1.76. The molecule has 2 fully saturated rings. The number of rotatable bonds is 3.